The number of halogens is 1. The van der Waals surface area contributed by atoms with Crippen molar-refractivity contribution in [2.45, 2.75) is 59.3 Å². The number of hydrogen-bond acceptors (Lipinski definition) is 3. The van der Waals surface area contributed by atoms with E-state index in [1.54, 1.807) is 0 Å². The normalized spacial score (nSPS) is 22.8. The van der Waals surface area contributed by atoms with Crippen molar-refractivity contribution >= 4 is 17.4 Å². The fourth-order valence-corrected chi connectivity index (χ4v) is 3.13. The highest BCUT2D eigenvalue weighted by Gasteiger charge is 2.20. The third-order valence-corrected chi connectivity index (χ3v) is 4.92. The van der Waals surface area contributed by atoms with Crippen molar-refractivity contribution in [1.82, 2.24) is 9.97 Å². The van der Waals surface area contributed by atoms with E-state index in [1.807, 2.05) is 6.92 Å². The Kier molecular flexibility index (Phi) is 5.64. The maximum Gasteiger partial charge on any atom is 0.137 e. The van der Waals surface area contributed by atoms with Gasteiger partial charge in [-0.25, -0.2) is 9.97 Å². The zero-order valence-electron chi connectivity index (χ0n) is 12.9. The van der Waals surface area contributed by atoms with Crippen LogP contribution in [-0.4, -0.2) is 16.5 Å². The molecule has 20 heavy (non-hydrogen) atoms. The predicted octanol–water partition coefficient (Wildman–Crippen LogP) is 4.63. The smallest absolute Gasteiger partial charge is 0.137 e. The topological polar surface area (TPSA) is 37.8 Å². The number of anilines is 1. The monoisotopic (exact) mass is 295 g/mol. The van der Waals surface area contributed by atoms with Gasteiger partial charge in [0.05, 0.1) is 0 Å². The maximum absolute atomic E-state index is 6.17. The molecule has 2 rings (SSSR count). The third kappa shape index (κ3) is 3.85. The molecule has 0 unspecified atom stereocenters. The summed E-state index contributed by atoms with van der Waals surface area (Å²) in [6.07, 6.45) is 7.59. The molecule has 1 saturated carbocycles. The van der Waals surface area contributed by atoms with Gasteiger partial charge in [-0.2, -0.15) is 0 Å². The molecule has 3 nitrogen and oxygen atoms in total. The number of nitrogens with zero attached hydrogens (tertiary/aromatic N) is 2. The molecule has 1 aromatic rings. The minimum absolute atomic E-state index is 0.578. The number of nitrogens with one attached hydrogen (secondary N) is 1. The second-order valence-corrected chi connectivity index (χ2v) is 6.29. The van der Waals surface area contributed by atoms with E-state index in [9.17, 15) is 0 Å². The first-order valence-electron chi connectivity index (χ1n) is 7.90. The van der Waals surface area contributed by atoms with E-state index in [2.05, 4.69) is 29.1 Å². The van der Waals surface area contributed by atoms with Crippen LogP contribution in [0.25, 0.3) is 0 Å². The predicted molar refractivity (Wildman–Crippen MR) is 85.4 cm³/mol. The number of aryl methyl sites for hydroxylation is 1. The van der Waals surface area contributed by atoms with E-state index in [0.29, 0.717) is 5.15 Å². The van der Waals surface area contributed by atoms with Crippen LogP contribution in [0.2, 0.25) is 5.15 Å². The van der Waals surface area contributed by atoms with Gasteiger partial charge in [0.25, 0.3) is 0 Å². The number of aromatic nitrogens is 2. The fraction of sp³-hybridized carbons (Fsp3) is 0.750. The van der Waals surface area contributed by atoms with Crippen molar-refractivity contribution in [2.24, 2.45) is 11.8 Å². The highest BCUT2D eigenvalue weighted by molar-refractivity contribution is 6.30. The highest BCUT2D eigenvalue weighted by Crippen LogP contribution is 2.31. The molecular formula is C16H26ClN3. The molecule has 1 fully saturated rings. The molecule has 0 spiro atoms. The fourth-order valence-electron chi connectivity index (χ4n) is 2.95. The van der Waals surface area contributed by atoms with Crippen LogP contribution in [0.4, 0.5) is 5.82 Å². The Labute approximate surface area is 127 Å². The van der Waals surface area contributed by atoms with E-state index >= 15 is 0 Å². The zero-order valence-corrected chi connectivity index (χ0v) is 13.6. The van der Waals surface area contributed by atoms with Crippen molar-refractivity contribution in [2.75, 3.05) is 11.9 Å². The summed E-state index contributed by atoms with van der Waals surface area (Å²) in [5.74, 6) is 3.46. The SMILES string of the molecule is CCc1nc(Cl)c(C)c(NCC2CCC(CC)CC2)n1. The van der Waals surface area contributed by atoms with Crippen molar-refractivity contribution in [1.29, 1.82) is 0 Å². The summed E-state index contributed by atoms with van der Waals surface area (Å²) in [6, 6.07) is 0. The first-order valence-corrected chi connectivity index (χ1v) is 8.28. The Morgan fingerprint density at radius 2 is 1.75 bits per heavy atom. The minimum atomic E-state index is 0.578. The Morgan fingerprint density at radius 1 is 1.10 bits per heavy atom. The molecule has 0 radical (unpaired) electrons. The third-order valence-electron chi connectivity index (χ3n) is 4.55. The van der Waals surface area contributed by atoms with E-state index in [4.69, 9.17) is 11.6 Å². The standard InChI is InChI=1S/C16H26ClN3/c1-4-12-6-8-13(9-7-12)10-18-16-11(3)15(17)19-14(5-2)20-16/h12-13H,4-10H2,1-3H3,(H,18,19,20). The van der Waals surface area contributed by atoms with Crippen LogP contribution < -0.4 is 5.32 Å². The molecule has 1 N–H and O–H groups in total. The van der Waals surface area contributed by atoms with Gasteiger partial charge in [0.15, 0.2) is 0 Å². The van der Waals surface area contributed by atoms with Crippen LogP contribution in [0.3, 0.4) is 0 Å². The van der Waals surface area contributed by atoms with E-state index < -0.39 is 0 Å². The van der Waals surface area contributed by atoms with E-state index in [-0.39, 0.29) is 0 Å². The van der Waals surface area contributed by atoms with Gasteiger partial charge in [0.1, 0.15) is 16.8 Å². The first-order chi connectivity index (χ1) is 9.63. The molecule has 0 saturated heterocycles. The molecule has 4 heteroatoms. The first kappa shape index (κ1) is 15.6. The van der Waals surface area contributed by atoms with Gasteiger partial charge in [-0.3, -0.25) is 0 Å². The molecule has 1 aromatic heterocycles. The summed E-state index contributed by atoms with van der Waals surface area (Å²) in [5.41, 5.74) is 0.964. The van der Waals surface area contributed by atoms with Crippen LogP contribution >= 0.6 is 11.6 Å². The van der Waals surface area contributed by atoms with Crippen LogP contribution in [-0.2, 0) is 6.42 Å². The lowest BCUT2D eigenvalue weighted by atomic mass is 9.81. The van der Waals surface area contributed by atoms with Crippen LogP contribution in [0.15, 0.2) is 0 Å². The van der Waals surface area contributed by atoms with Crippen LogP contribution in [0, 0.1) is 18.8 Å². The summed E-state index contributed by atoms with van der Waals surface area (Å²) in [4.78, 5) is 8.84. The second-order valence-electron chi connectivity index (χ2n) is 5.93. The van der Waals surface area contributed by atoms with Gasteiger partial charge >= 0.3 is 0 Å². The van der Waals surface area contributed by atoms with Crippen molar-refractivity contribution in [3.63, 3.8) is 0 Å². The molecule has 0 aromatic carbocycles. The molecule has 0 bridgehead atoms. The second kappa shape index (κ2) is 7.26. The van der Waals surface area contributed by atoms with Crippen LogP contribution in [0.1, 0.15) is 57.3 Å². The summed E-state index contributed by atoms with van der Waals surface area (Å²) in [7, 11) is 0. The molecule has 1 aliphatic carbocycles. The lowest BCUT2D eigenvalue weighted by Gasteiger charge is -2.28. The Balaban J connectivity index is 1.92. The molecule has 1 aliphatic rings. The van der Waals surface area contributed by atoms with E-state index in [1.165, 1.54) is 32.1 Å². The van der Waals surface area contributed by atoms with E-state index in [0.717, 1.165) is 42.0 Å². The van der Waals surface area contributed by atoms with Crippen molar-refractivity contribution in [3.8, 4) is 0 Å². The summed E-state index contributed by atoms with van der Waals surface area (Å²) in [5, 5.41) is 4.07. The zero-order chi connectivity index (χ0) is 14.5. The Hall–Kier alpha value is -0.830. The molecule has 1 heterocycles. The van der Waals surface area contributed by atoms with Gasteiger partial charge in [-0.05, 0) is 31.6 Å². The molecule has 0 amide bonds. The Morgan fingerprint density at radius 3 is 2.35 bits per heavy atom. The largest absolute Gasteiger partial charge is 0.369 e. The average Bonchev–Trinajstić information content (AvgIpc) is 2.49. The molecule has 0 atom stereocenters. The van der Waals surface area contributed by atoms with Gasteiger partial charge < -0.3 is 5.32 Å². The van der Waals surface area contributed by atoms with Gasteiger partial charge in [-0.15, -0.1) is 0 Å². The quantitative estimate of drug-likeness (QED) is 0.805. The maximum atomic E-state index is 6.17. The van der Waals surface area contributed by atoms with Crippen molar-refractivity contribution in [3.05, 3.63) is 16.5 Å². The highest BCUT2D eigenvalue weighted by atomic mass is 35.5. The van der Waals surface area contributed by atoms with Crippen LogP contribution in [0.5, 0.6) is 0 Å². The molecule has 112 valence electrons. The lowest BCUT2D eigenvalue weighted by molar-refractivity contribution is 0.278. The van der Waals surface area contributed by atoms with Gasteiger partial charge in [-0.1, -0.05) is 44.7 Å². The molecule has 0 aliphatic heterocycles. The summed E-state index contributed by atoms with van der Waals surface area (Å²) >= 11 is 6.17. The average molecular weight is 296 g/mol. The van der Waals surface area contributed by atoms with Gasteiger partial charge in [0, 0.05) is 18.5 Å². The lowest BCUT2D eigenvalue weighted by Crippen LogP contribution is -2.22. The minimum Gasteiger partial charge on any atom is -0.369 e. The van der Waals surface area contributed by atoms with Gasteiger partial charge in [0.2, 0.25) is 0 Å². The summed E-state index contributed by atoms with van der Waals surface area (Å²) < 4.78 is 0. The molecular weight excluding hydrogens is 270 g/mol. The number of hydrogen-bond donors (Lipinski definition) is 1. The Bertz CT molecular complexity index is 440. The summed E-state index contributed by atoms with van der Waals surface area (Å²) in [6.45, 7) is 7.35. The number of rotatable bonds is 5. The van der Waals surface area contributed by atoms with Crippen molar-refractivity contribution < 1.29 is 0 Å².